The maximum absolute atomic E-state index is 14.0. The maximum Gasteiger partial charge on any atom is 0.288 e. The number of pyridine rings is 1. The Labute approximate surface area is 161 Å². The number of aromatic amines is 1. The van der Waals surface area contributed by atoms with Gasteiger partial charge in [-0.1, -0.05) is 19.9 Å². The Bertz CT molecular complexity index is 1050. The van der Waals surface area contributed by atoms with Gasteiger partial charge >= 0.3 is 0 Å². The van der Waals surface area contributed by atoms with Gasteiger partial charge in [0.2, 0.25) is 11.8 Å². The summed E-state index contributed by atoms with van der Waals surface area (Å²) in [5.41, 5.74) is 1.03. The molecule has 0 atom stereocenters. The van der Waals surface area contributed by atoms with E-state index in [2.05, 4.69) is 9.97 Å². The molecule has 28 heavy (non-hydrogen) atoms. The van der Waals surface area contributed by atoms with Gasteiger partial charge in [0.25, 0.3) is 11.5 Å². The number of nitrogens with zero attached hydrogens (tertiary/aromatic N) is 4. The molecular weight excluding hydrogens is 361 g/mol. The van der Waals surface area contributed by atoms with Crippen molar-refractivity contribution in [3.8, 4) is 0 Å². The Hall–Kier alpha value is -3.16. The second-order valence-corrected chi connectivity index (χ2v) is 7.28. The first-order valence-corrected chi connectivity index (χ1v) is 9.34. The molecule has 0 radical (unpaired) electrons. The number of nitrogens with one attached hydrogen (secondary N) is 1. The number of H-pyrrole nitrogens is 1. The van der Waals surface area contributed by atoms with Crippen molar-refractivity contribution in [3.05, 3.63) is 64.1 Å². The summed E-state index contributed by atoms with van der Waals surface area (Å²) >= 11 is 0. The predicted octanol–water partition coefficient (Wildman–Crippen LogP) is 2.25. The molecule has 0 aliphatic carbocycles. The molecule has 4 rings (SSSR count). The van der Waals surface area contributed by atoms with E-state index in [1.165, 1.54) is 0 Å². The highest BCUT2D eigenvalue weighted by molar-refractivity contribution is 5.95. The summed E-state index contributed by atoms with van der Waals surface area (Å²) in [7, 11) is 0. The normalized spacial score (nSPS) is 14.9. The highest BCUT2D eigenvalue weighted by Crippen LogP contribution is 2.18. The van der Waals surface area contributed by atoms with Crippen molar-refractivity contribution in [3.63, 3.8) is 0 Å². The molecule has 3 aromatic heterocycles. The number of fused-ring (bicyclic) bond motifs is 1. The average molecular weight is 383 g/mol. The molecule has 8 heteroatoms. The number of amides is 1. The van der Waals surface area contributed by atoms with Crippen molar-refractivity contribution < 1.29 is 9.18 Å². The third-order valence-corrected chi connectivity index (χ3v) is 5.04. The highest BCUT2D eigenvalue weighted by Gasteiger charge is 2.25. The lowest BCUT2D eigenvalue weighted by Gasteiger charge is -2.35. The van der Waals surface area contributed by atoms with Crippen LogP contribution in [0.2, 0.25) is 0 Å². The first-order valence-electron chi connectivity index (χ1n) is 9.34. The minimum Gasteiger partial charge on any atom is -0.339 e. The van der Waals surface area contributed by atoms with Gasteiger partial charge in [-0.05, 0) is 24.1 Å². The Balaban J connectivity index is 1.49. The molecule has 1 fully saturated rings. The van der Waals surface area contributed by atoms with Crippen LogP contribution in [0, 0.1) is 5.82 Å². The topological polar surface area (TPSA) is 73.7 Å². The summed E-state index contributed by atoms with van der Waals surface area (Å²) in [5.74, 6) is -0.676. The van der Waals surface area contributed by atoms with Crippen molar-refractivity contribution in [2.24, 2.45) is 0 Å². The SMILES string of the molecule is CC(C)c1nc(N2CCN(C(=O)c3cc4ccccn4c3)CC2)[nH]c(=O)c1F. The lowest BCUT2D eigenvalue weighted by atomic mass is 10.1. The van der Waals surface area contributed by atoms with E-state index < -0.39 is 11.4 Å². The molecule has 0 aromatic carbocycles. The Morgan fingerprint density at radius 2 is 1.96 bits per heavy atom. The van der Waals surface area contributed by atoms with Gasteiger partial charge in [0.1, 0.15) is 0 Å². The molecule has 0 saturated carbocycles. The number of carbonyl (C=O) groups excluding carboxylic acids is 1. The molecule has 1 saturated heterocycles. The standard InChI is InChI=1S/C20H22FN5O2/c1-13(2)17-16(21)18(27)23-20(22-17)25-9-7-24(8-10-25)19(28)14-11-15-5-3-4-6-26(15)12-14/h3-6,11-13H,7-10H2,1-2H3,(H,22,23,27). The minimum atomic E-state index is -0.826. The van der Waals surface area contributed by atoms with E-state index in [4.69, 9.17) is 0 Å². The Morgan fingerprint density at radius 3 is 2.64 bits per heavy atom. The number of rotatable bonds is 3. The van der Waals surface area contributed by atoms with Crippen LogP contribution in [0.1, 0.15) is 35.8 Å². The van der Waals surface area contributed by atoms with Gasteiger partial charge in [-0.2, -0.15) is 4.39 Å². The fourth-order valence-electron chi connectivity index (χ4n) is 3.47. The third-order valence-electron chi connectivity index (χ3n) is 5.04. The van der Waals surface area contributed by atoms with Crippen LogP contribution < -0.4 is 10.5 Å². The number of piperazine rings is 1. The molecule has 0 spiro atoms. The lowest BCUT2D eigenvalue weighted by molar-refractivity contribution is 0.0746. The zero-order chi connectivity index (χ0) is 19.8. The summed E-state index contributed by atoms with van der Waals surface area (Å²) in [6, 6.07) is 7.69. The molecule has 146 valence electrons. The van der Waals surface area contributed by atoms with Gasteiger partial charge in [0.15, 0.2) is 0 Å². The number of carbonyl (C=O) groups is 1. The van der Waals surface area contributed by atoms with Crippen LogP contribution in [-0.4, -0.2) is 51.4 Å². The third kappa shape index (κ3) is 3.26. The molecule has 1 N–H and O–H groups in total. The van der Waals surface area contributed by atoms with E-state index in [-0.39, 0.29) is 17.5 Å². The summed E-state index contributed by atoms with van der Waals surface area (Å²) in [4.78, 5) is 35.2. The number of aromatic nitrogens is 3. The van der Waals surface area contributed by atoms with Crippen molar-refractivity contribution in [2.45, 2.75) is 19.8 Å². The van der Waals surface area contributed by atoms with E-state index in [9.17, 15) is 14.0 Å². The van der Waals surface area contributed by atoms with E-state index in [1.807, 2.05) is 46.0 Å². The zero-order valence-corrected chi connectivity index (χ0v) is 15.9. The average Bonchev–Trinajstić information content (AvgIpc) is 3.13. The molecule has 4 heterocycles. The van der Waals surface area contributed by atoms with Gasteiger partial charge in [0.05, 0.1) is 11.3 Å². The van der Waals surface area contributed by atoms with Crippen LogP contribution in [0.25, 0.3) is 5.52 Å². The van der Waals surface area contributed by atoms with Crippen LogP contribution >= 0.6 is 0 Å². The van der Waals surface area contributed by atoms with E-state index in [0.717, 1.165) is 5.52 Å². The Kier molecular flexibility index (Phi) is 4.62. The maximum atomic E-state index is 14.0. The molecule has 7 nitrogen and oxygen atoms in total. The monoisotopic (exact) mass is 383 g/mol. The van der Waals surface area contributed by atoms with Gasteiger partial charge in [-0.3, -0.25) is 14.6 Å². The molecule has 0 unspecified atom stereocenters. The number of anilines is 1. The van der Waals surface area contributed by atoms with Crippen molar-refractivity contribution in [1.29, 1.82) is 0 Å². The lowest BCUT2D eigenvalue weighted by Crippen LogP contribution is -2.49. The second kappa shape index (κ2) is 7.10. The molecule has 1 amide bonds. The van der Waals surface area contributed by atoms with Crippen molar-refractivity contribution in [1.82, 2.24) is 19.3 Å². The van der Waals surface area contributed by atoms with Gasteiger partial charge in [-0.15, -0.1) is 0 Å². The molecular formula is C20H22FN5O2. The summed E-state index contributed by atoms with van der Waals surface area (Å²) in [5, 5.41) is 0. The molecule has 1 aliphatic heterocycles. The van der Waals surface area contributed by atoms with Crippen LogP contribution in [0.5, 0.6) is 0 Å². The van der Waals surface area contributed by atoms with Gasteiger partial charge in [0, 0.05) is 44.1 Å². The smallest absolute Gasteiger partial charge is 0.288 e. The van der Waals surface area contributed by atoms with Gasteiger partial charge < -0.3 is 14.2 Å². The number of halogens is 1. The Morgan fingerprint density at radius 1 is 1.21 bits per heavy atom. The van der Waals surface area contributed by atoms with Gasteiger partial charge in [-0.25, -0.2) is 4.98 Å². The molecule has 3 aromatic rings. The van der Waals surface area contributed by atoms with Crippen LogP contribution in [0.3, 0.4) is 0 Å². The first-order chi connectivity index (χ1) is 13.4. The highest BCUT2D eigenvalue weighted by atomic mass is 19.1. The second-order valence-electron chi connectivity index (χ2n) is 7.28. The van der Waals surface area contributed by atoms with Crippen molar-refractivity contribution in [2.75, 3.05) is 31.1 Å². The summed E-state index contributed by atoms with van der Waals surface area (Å²) < 4.78 is 15.9. The van der Waals surface area contributed by atoms with Crippen LogP contribution in [-0.2, 0) is 0 Å². The fraction of sp³-hybridized carbons (Fsp3) is 0.350. The number of hydrogen-bond acceptors (Lipinski definition) is 4. The van der Waals surface area contributed by atoms with E-state index in [0.29, 0.717) is 37.7 Å². The van der Waals surface area contributed by atoms with E-state index >= 15 is 0 Å². The number of hydrogen-bond donors (Lipinski definition) is 1. The molecule has 0 bridgehead atoms. The predicted molar refractivity (Wildman–Crippen MR) is 104 cm³/mol. The van der Waals surface area contributed by atoms with Crippen LogP contribution in [0.4, 0.5) is 10.3 Å². The van der Waals surface area contributed by atoms with Crippen molar-refractivity contribution >= 4 is 17.4 Å². The summed E-state index contributed by atoms with van der Waals surface area (Å²) in [6.45, 7) is 5.64. The fourth-order valence-corrected chi connectivity index (χ4v) is 3.47. The zero-order valence-electron chi connectivity index (χ0n) is 15.9. The minimum absolute atomic E-state index is 0.0215. The quantitative estimate of drug-likeness (QED) is 0.753. The van der Waals surface area contributed by atoms with Crippen LogP contribution in [0.15, 0.2) is 41.5 Å². The first kappa shape index (κ1) is 18.2. The summed E-state index contributed by atoms with van der Waals surface area (Å²) in [6.07, 6.45) is 3.74. The largest absolute Gasteiger partial charge is 0.339 e. The van der Waals surface area contributed by atoms with E-state index in [1.54, 1.807) is 18.7 Å². The molecule has 1 aliphatic rings.